The molecule has 22 heavy (non-hydrogen) atoms. The van der Waals surface area contributed by atoms with Crippen LogP contribution >= 0.6 is 0 Å². The van der Waals surface area contributed by atoms with E-state index < -0.39 is 0 Å². The molecule has 0 amide bonds. The van der Waals surface area contributed by atoms with Crippen LogP contribution in [-0.2, 0) is 0 Å². The first-order valence-electron chi connectivity index (χ1n) is 9.86. The molecule has 0 saturated heterocycles. The van der Waals surface area contributed by atoms with E-state index in [1.54, 1.807) is 0 Å². The Balaban J connectivity index is 3.20. The highest BCUT2D eigenvalue weighted by atomic mass is 14.1. The summed E-state index contributed by atoms with van der Waals surface area (Å²) in [7, 11) is 0. The van der Waals surface area contributed by atoms with Crippen molar-refractivity contribution in [1.82, 2.24) is 0 Å². The molecule has 0 aliphatic rings. The van der Waals surface area contributed by atoms with Crippen molar-refractivity contribution < 1.29 is 0 Å². The van der Waals surface area contributed by atoms with E-state index in [2.05, 4.69) is 52.0 Å². The molecule has 0 nitrogen and oxygen atoms in total. The molecule has 0 heterocycles. The van der Waals surface area contributed by atoms with Crippen LogP contribution in [0.15, 0.2) is 24.3 Å². The van der Waals surface area contributed by atoms with Gasteiger partial charge in [0, 0.05) is 0 Å². The molecule has 0 saturated carbocycles. The average molecular weight is 307 g/mol. The molecule has 0 heteroatoms. The number of allylic oxidation sites excluding steroid dienone is 4. The Labute approximate surface area is 141 Å². The van der Waals surface area contributed by atoms with Crippen LogP contribution in [0.4, 0.5) is 0 Å². The third-order valence-electron chi connectivity index (χ3n) is 4.13. The van der Waals surface area contributed by atoms with Gasteiger partial charge in [-0.2, -0.15) is 0 Å². The molecule has 0 aromatic carbocycles. The van der Waals surface area contributed by atoms with Crippen LogP contribution in [0.5, 0.6) is 0 Å². The fraction of sp³-hybridized carbons (Fsp3) is 0.818. The summed E-state index contributed by atoms with van der Waals surface area (Å²) in [6, 6.07) is 0. The number of unbranched alkanes of at least 4 members (excludes halogenated alkanes) is 9. The minimum atomic E-state index is 0.523. The number of hydrogen-bond donors (Lipinski definition) is 0. The third kappa shape index (κ3) is 19.5. The maximum Gasteiger partial charge on any atom is -0.0169 e. The lowest BCUT2D eigenvalue weighted by Crippen LogP contribution is -2.03. The van der Waals surface area contributed by atoms with Crippen LogP contribution in [0.2, 0.25) is 0 Å². The van der Waals surface area contributed by atoms with Crippen molar-refractivity contribution in [3.8, 4) is 0 Å². The monoisotopic (exact) mass is 306 g/mol. The Morgan fingerprint density at radius 2 is 1.09 bits per heavy atom. The van der Waals surface area contributed by atoms with Crippen molar-refractivity contribution in [2.75, 3.05) is 0 Å². The normalized spacial score (nSPS) is 12.7. The molecule has 0 fully saturated rings. The zero-order valence-electron chi connectivity index (χ0n) is 16.0. The van der Waals surface area contributed by atoms with E-state index in [0.717, 1.165) is 6.42 Å². The zero-order valence-corrected chi connectivity index (χ0v) is 16.0. The Morgan fingerprint density at radius 3 is 1.64 bits per heavy atom. The predicted molar refractivity (Wildman–Crippen MR) is 103 cm³/mol. The van der Waals surface area contributed by atoms with Gasteiger partial charge in [-0.05, 0) is 43.9 Å². The van der Waals surface area contributed by atoms with E-state index in [9.17, 15) is 0 Å². The van der Waals surface area contributed by atoms with E-state index in [1.807, 2.05) is 0 Å². The van der Waals surface area contributed by atoms with Crippen molar-refractivity contribution in [2.45, 2.75) is 111 Å². The standard InChI is InChI=1S/C22H42/c1-5-6-7-8-9-10-11-12-13-14-15-16-17-18-19-20-21-22(2,3)4/h9-10,12-13H,5-8,11,14-21H2,1-4H3/b10-9-,13-12-. The Kier molecular flexibility index (Phi) is 15.0. The largest absolute Gasteiger partial charge is 0.0882 e. The first kappa shape index (κ1) is 21.5. The maximum atomic E-state index is 2.37. The van der Waals surface area contributed by atoms with Crippen LogP contribution < -0.4 is 0 Å². The van der Waals surface area contributed by atoms with Crippen molar-refractivity contribution >= 4 is 0 Å². The summed E-state index contributed by atoms with van der Waals surface area (Å²) in [5.74, 6) is 0. The van der Waals surface area contributed by atoms with Crippen LogP contribution in [0.1, 0.15) is 111 Å². The lowest BCUT2D eigenvalue weighted by Gasteiger charge is -2.17. The van der Waals surface area contributed by atoms with Gasteiger partial charge in [0.2, 0.25) is 0 Å². The zero-order chi connectivity index (χ0) is 16.5. The SMILES string of the molecule is CCCCC/C=C\C/C=C\CCCCCCCCC(C)(C)C. The van der Waals surface area contributed by atoms with E-state index in [1.165, 1.54) is 77.0 Å². The summed E-state index contributed by atoms with van der Waals surface area (Å²) in [5, 5.41) is 0. The fourth-order valence-electron chi connectivity index (χ4n) is 2.64. The highest BCUT2D eigenvalue weighted by Gasteiger charge is 2.08. The van der Waals surface area contributed by atoms with E-state index in [-0.39, 0.29) is 0 Å². The lowest BCUT2D eigenvalue weighted by molar-refractivity contribution is 0.356. The highest BCUT2D eigenvalue weighted by molar-refractivity contribution is 4.92. The first-order valence-corrected chi connectivity index (χ1v) is 9.86. The molecule has 0 aromatic heterocycles. The topological polar surface area (TPSA) is 0 Å². The lowest BCUT2D eigenvalue weighted by atomic mass is 9.89. The summed E-state index contributed by atoms with van der Waals surface area (Å²) in [6.45, 7) is 9.30. The fourth-order valence-corrected chi connectivity index (χ4v) is 2.64. The average Bonchev–Trinajstić information content (AvgIpc) is 2.45. The van der Waals surface area contributed by atoms with Gasteiger partial charge < -0.3 is 0 Å². The molecule has 0 unspecified atom stereocenters. The minimum absolute atomic E-state index is 0.523. The Bertz CT molecular complexity index is 264. The summed E-state index contributed by atoms with van der Waals surface area (Å²) in [4.78, 5) is 0. The van der Waals surface area contributed by atoms with Gasteiger partial charge in [-0.25, -0.2) is 0 Å². The molecule has 0 aliphatic carbocycles. The van der Waals surface area contributed by atoms with Gasteiger partial charge in [-0.1, -0.05) is 96.9 Å². The summed E-state index contributed by atoms with van der Waals surface area (Å²) < 4.78 is 0. The molecule has 0 aromatic rings. The van der Waals surface area contributed by atoms with E-state index >= 15 is 0 Å². The molecule has 130 valence electrons. The highest BCUT2D eigenvalue weighted by Crippen LogP contribution is 2.22. The van der Waals surface area contributed by atoms with Crippen LogP contribution in [0.3, 0.4) is 0 Å². The molecule has 0 rings (SSSR count). The number of hydrogen-bond acceptors (Lipinski definition) is 0. The molecular formula is C22H42. The van der Waals surface area contributed by atoms with Crippen LogP contribution in [-0.4, -0.2) is 0 Å². The van der Waals surface area contributed by atoms with Gasteiger partial charge in [-0.3, -0.25) is 0 Å². The Morgan fingerprint density at radius 1 is 0.591 bits per heavy atom. The quantitative estimate of drug-likeness (QED) is 0.224. The summed E-state index contributed by atoms with van der Waals surface area (Å²) in [6.07, 6.45) is 26.9. The van der Waals surface area contributed by atoms with Gasteiger partial charge >= 0.3 is 0 Å². The molecule has 0 N–H and O–H groups in total. The number of rotatable bonds is 14. The van der Waals surface area contributed by atoms with Crippen molar-refractivity contribution in [3.63, 3.8) is 0 Å². The molecule has 0 atom stereocenters. The third-order valence-corrected chi connectivity index (χ3v) is 4.13. The van der Waals surface area contributed by atoms with Crippen molar-refractivity contribution in [3.05, 3.63) is 24.3 Å². The molecular weight excluding hydrogens is 264 g/mol. The smallest absolute Gasteiger partial charge is 0.0169 e. The second kappa shape index (κ2) is 15.4. The van der Waals surface area contributed by atoms with Gasteiger partial charge in [0.1, 0.15) is 0 Å². The second-order valence-corrected chi connectivity index (χ2v) is 7.89. The van der Waals surface area contributed by atoms with Gasteiger partial charge in [-0.15, -0.1) is 0 Å². The van der Waals surface area contributed by atoms with Gasteiger partial charge in [0.25, 0.3) is 0 Å². The molecule has 0 aliphatic heterocycles. The maximum absolute atomic E-state index is 2.37. The van der Waals surface area contributed by atoms with Crippen molar-refractivity contribution in [2.24, 2.45) is 5.41 Å². The van der Waals surface area contributed by atoms with Crippen molar-refractivity contribution in [1.29, 1.82) is 0 Å². The molecule has 0 spiro atoms. The predicted octanol–water partition coefficient (Wildman–Crippen LogP) is 8.24. The van der Waals surface area contributed by atoms with E-state index in [0.29, 0.717) is 5.41 Å². The van der Waals surface area contributed by atoms with Gasteiger partial charge in [0.05, 0.1) is 0 Å². The first-order chi connectivity index (χ1) is 10.6. The molecule has 0 radical (unpaired) electrons. The second-order valence-electron chi connectivity index (χ2n) is 7.89. The van der Waals surface area contributed by atoms with Crippen LogP contribution in [0.25, 0.3) is 0 Å². The van der Waals surface area contributed by atoms with E-state index in [4.69, 9.17) is 0 Å². The Hall–Kier alpha value is -0.520. The summed E-state index contributed by atoms with van der Waals surface area (Å²) in [5.41, 5.74) is 0.523. The van der Waals surface area contributed by atoms with Crippen LogP contribution in [0, 0.1) is 5.41 Å². The minimum Gasteiger partial charge on any atom is -0.0882 e. The summed E-state index contributed by atoms with van der Waals surface area (Å²) >= 11 is 0. The molecule has 0 bridgehead atoms. The van der Waals surface area contributed by atoms with Gasteiger partial charge in [0.15, 0.2) is 0 Å².